The number of nitrogens with zero attached hydrogens (tertiary/aromatic N) is 3. The normalized spacial score (nSPS) is 11.6. The third kappa shape index (κ3) is 6.04. The van der Waals surface area contributed by atoms with E-state index in [4.69, 9.17) is 19.4 Å². The second-order valence-corrected chi connectivity index (χ2v) is 15.6. The molecule has 0 fully saturated rings. The van der Waals surface area contributed by atoms with E-state index in [1.54, 1.807) is 0 Å². The highest BCUT2D eigenvalue weighted by Crippen LogP contribution is 2.42. The molecule has 0 atom stereocenters. The van der Waals surface area contributed by atoms with Crippen molar-refractivity contribution >= 4 is 54.3 Å². The van der Waals surface area contributed by atoms with Crippen LogP contribution in [0, 0.1) is 0 Å². The Morgan fingerprint density at radius 3 is 1.44 bits per heavy atom. The maximum Gasteiger partial charge on any atom is 0.164 e. The summed E-state index contributed by atoms with van der Waals surface area (Å²) in [6, 6.07) is 74.6. The van der Waals surface area contributed by atoms with E-state index >= 15 is 0 Å². The maximum atomic E-state index is 6.86. The van der Waals surface area contributed by atoms with Gasteiger partial charge in [0, 0.05) is 32.8 Å². The van der Waals surface area contributed by atoms with E-state index in [-0.39, 0.29) is 0 Å². The molecule has 284 valence electrons. The van der Waals surface area contributed by atoms with Crippen molar-refractivity contribution in [1.29, 1.82) is 0 Å². The molecule has 12 rings (SSSR count). The number of fused-ring (bicyclic) bond motifs is 8. The van der Waals surface area contributed by atoms with E-state index in [2.05, 4.69) is 182 Å². The van der Waals surface area contributed by atoms with Gasteiger partial charge in [-0.25, -0.2) is 15.0 Å². The predicted octanol–water partition coefficient (Wildman–Crippen LogP) is 15.2. The number of furan rings is 1. The van der Waals surface area contributed by atoms with Crippen LogP contribution in [-0.2, 0) is 0 Å². The summed E-state index contributed by atoms with van der Waals surface area (Å²) in [7, 11) is 0. The molecule has 0 unspecified atom stereocenters. The van der Waals surface area contributed by atoms with Gasteiger partial charge in [0.05, 0.1) is 0 Å². The van der Waals surface area contributed by atoms with Crippen LogP contribution in [0.15, 0.2) is 217 Å². The topological polar surface area (TPSA) is 51.8 Å². The van der Waals surface area contributed by atoms with Crippen LogP contribution in [0.1, 0.15) is 0 Å². The van der Waals surface area contributed by atoms with Crippen molar-refractivity contribution in [3.05, 3.63) is 212 Å². The van der Waals surface area contributed by atoms with Gasteiger partial charge in [0.25, 0.3) is 0 Å². The molecule has 0 radical (unpaired) electrons. The summed E-state index contributed by atoms with van der Waals surface area (Å²) in [5.41, 5.74) is 11.1. The molecule has 12 aromatic rings. The number of hydrogen-bond acceptors (Lipinski definition) is 4. The average Bonchev–Trinajstić information content (AvgIpc) is 3.72. The Balaban J connectivity index is 1.07. The van der Waals surface area contributed by atoms with Gasteiger partial charge in [-0.1, -0.05) is 170 Å². The second kappa shape index (κ2) is 14.3. The largest absolute Gasteiger partial charge is 0.455 e. The number of rotatable bonds is 6. The molecule has 0 spiro atoms. The summed E-state index contributed by atoms with van der Waals surface area (Å²) in [6.07, 6.45) is 0. The van der Waals surface area contributed by atoms with Gasteiger partial charge in [-0.15, -0.1) is 0 Å². The molecule has 0 amide bonds. The van der Waals surface area contributed by atoms with Gasteiger partial charge in [0.2, 0.25) is 0 Å². The van der Waals surface area contributed by atoms with Gasteiger partial charge in [0.1, 0.15) is 11.2 Å². The molecular weight excluding hydrogens is 743 g/mol. The van der Waals surface area contributed by atoms with Crippen LogP contribution in [-0.4, -0.2) is 15.0 Å². The molecule has 0 N–H and O–H groups in total. The summed E-state index contributed by atoms with van der Waals surface area (Å²) >= 11 is 0. The molecule has 0 aliphatic heterocycles. The van der Waals surface area contributed by atoms with Gasteiger partial charge in [0.15, 0.2) is 17.5 Å². The lowest BCUT2D eigenvalue weighted by Crippen LogP contribution is -2.01. The van der Waals surface area contributed by atoms with Crippen molar-refractivity contribution in [3.8, 4) is 67.5 Å². The van der Waals surface area contributed by atoms with Crippen LogP contribution in [0.3, 0.4) is 0 Å². The molecule has 0 aliphatic rings. The Morgan fingerprint density at radius 2 is 0.770 bits per heavy atom. The van der Waals surface area contributed by atoms with Crippen LogP contribution in [0.25, 0.3) is 122 Å². The first-order chi connectivity index (χ1) is 30.2. The molecule has 0 bridgehead atoms. The van der Waals surface area contributed by atoms with Crippen molar-refractivity contribution in [3.63, 3.8) is 0 Å². The molecule has 0 saturated carbocycles. The van der Waals surface area contributed by atoms with Crippen molar-refractivity contribution in [2.45, 2.75) is 0 Å². The standard InChI is InChI=1S/C57H35N3O/c1-4-16-36(17-5-1)41-30-42(37-18-6-2-7-19-37)32-43(31-41)56-58-55(38-20-8-3-9-21-38)59-57(60-56)52-35-51-48-29-28-40(34-53(48)61-54(51)49-27-15-14-26-47(49)52)50-33-39-22-10-11-23-44(39)45-24-12-13-25-46(45)50/h1-35H. The van der Waals surface area contributed by atoms with Gasteiger partial charge < -0.3 is 4.42 Å². The number of hydrogen-bond donors (Lipinski definition) is 0. The van der Waals surface area contributed by atoms with E-state index in [1.165, 1.54) is 27.1 Å². The quantitative estimate of drug-likeness (QED) is 0.158. The van der Waals surface area contributed by atoms with Crippen LogP contribution < -0.4 is 0 Å². The molecule has 2 heterocycles. The summed E-state index contributed by atoms with van der Waals surface area (Å²) in [5.74, 6) is 1.81. The number of aromatic nitrogens is 3. The first-order valence-electron chi connectivity index (χ1n) is 20.6. The maximum absolute atomic E-state index is 6.86. The van der Waals surface area contributed by atoms with E-state index in [0.29, 0.717) is 17.5 Å². The average molecular weight is 778 g/mol. The molecule has 10 aromatic carbocycles. The minimum Gasteiger partial charge on any atom is -0.455 e. The molecule has 4 nitrogen and oxygen atoms in total. The van der Waals surface area contributed by atoms with Crippen molar-refractivity contribution < 1.29 is 4.42 Å². The van der Waals surface area contributed by atoms with Gasteiger partial charge in [-0.2, -0.15) is 0 Å². The van der Waals surface area contributed by atoms with Gasteiger partial charge in [-0.05, 0) is 103 Å². The lowest BCUT2D eigenvalue weighted by Gasteiger charge is -2.13. The summed E-state index contributed by atoms with van der Waals surface area (Å²) < 4.78 is 6.86. The highest BCUT2D eigenvalue weighted by Gasteiger charge is 2.20. The summed E-state index contributed by atoms with van der Waals surface area (Å²) in [5, 5.41) is 8.99. The minimum atomic E-state index is 0.599. The highest BCUT2D eigenvalue weighted by molar-refractivity contribution is 6.20. The zero-order valence-electron chi connectivity index (χ0n) is 33.0. The summed E-state index contributed by atoms with van der Waals surface area (Å²) in [6.45, 7) is 0. The summed E-state index contributed by atoms with van der Waals surface area (Å²) in [4.78, 5) is 15.8. The smallest absolute Gasteiger partial charge is 0.164 e. The Labute approximate surface area is 352 Å². The van der Waals surface area contributed by atoms with Crippen LogP contribution >= 0.6 is 0 Å². The Kier molecular flexibility index (Phi) is 8.13. The molecule has 4 heteroatoms. The lowest BCUT2D eigenvalue weighted by molar-refractivity contribution is 0.673. The van der Waals surface area contributed by atoms with Crippen LogP contribution in [0.2, 0.25) is 0 Å². The van der Waals surface area contributed by atoms with Crippen molar-refractivity contribution in [1.82, 2.24) is 15.0 Å². The van der Waals surface area contributed by atoms with E-state index < -0.39 is 0 Å². The first kappa shape index (κ1) is 34.8. The zero-order valence-corrected chi connectivity index (χ0v) is 33.0. The molecule has 0 aliphatic carbocycles. The number of benzene rings is 10. The third-order valence-electron chi connectivity index (χ3n) is 11.9. The molecular formula is C57H35N3O. The van der Waals surface area contributed by atoms with Crippen molar-refractivity contribution in [2.75, 3.05) is 0 Å². The third-order valence-corrected chi connectivity index (χ3v) is 11.9. The predicted molar refractivity (Wildman–Crippen MR) is 252 cm³/mol. The molecule has 2 aromatic heterocycles. The minimum absolute atomic E-state index is 0.599. The fourth-order valence-electron chi connectivity index (χ4n) is 8.94. The SMILES string of the molecule is c1ccc(-c2cc(-c3ccccc3)cc(-c3nc(-c4ccccc4)nc(-c4cc5c6ccc(-c7cc8ccccc8c8ccccc78)cc6oc5c5ccccc45)n3)c2)cc1. The molecule has 0 saturated heterocycles. The van der Waals surface area contributed by atoms with E-state index in [9.17, 15) is 0 Å². The fourth-order valence-corrected chi connectivity index (χ4v) is 8.94. The van der Waals surface area contributed by atoms with Crippen LogP contribution in [0.5, 0.6) is 0 Å². The highest BCUT2D eigenvalue weighted by atomic mass is 16.3. The second-order valence-electron chi connectivity index (χ2n) is 15.6. The first-order valence-corrected chi connectivity index (χ1v) is 20.6. The Morgan fingerprint density at radius 1 is 0.262 bits per heavy atom. The molecule has 61 heavy (non-hydrogen) atoms. The Hall–Kier alpha value is -8.21. The van der Waals surface area contributed by atoms with Gasteiger partial charge >= 0.3 is 0 Å². The van der Waals surface area contributed by atoms with Crippen LogP contribution in [0.4, 0.5) is 0 Å². The van der Waals surface area contributed by atoms with Gasteiger partial charge in [-0.3, -0.25) is 0 Å². The van der Waals surface area contributed by atoms with Crippen molar-refractivity contribution in [2.24, 2.45) is 0 Å². The Bertz CT molecular complexity index is 3580. The van der Waals surface area contributed by atoms with E-state index in [0.717, 1.165) is 77.2 Å². The van der Waals surface area contributed by atoms with E-state index in [1.807, 2.05) is 30.3 Å². The zero-order chi connectivity index (χ0) is 40.3. The monoisotopic (exact) mass is 777 g/mol. The lowest BCUT2D eigenvalue weighted by atomic mass is 9.93. The fraction of sp³-hybridized carbons (Fsp3) is 0.